The molecule has 0 aromatic heterocycles. The Morgan fingerprint density at radius 1 is 1.19 bits per heavy atom. The van der Waals surface area contributed by atoms with E-state index in [1.54, 1.807) is 25.3 Å². The molecule has 3 rings (SSSR count). The molecule has 1 saturated heterocycles. The Morgan fingerprint density at radius 3 is 2.59 bits per heavy atom. The molecule has 2 aromatic rings. The van der Waals surface area contributed by atoms with E-state index in [1.807, 2.05) is 44.2 Å². The molecular formula is C20H18ClNO3S2. The van der Waals surface area contributed by atoms with E-state index in [-0.39, 0.29) is 12.0 Å². The molecule has 2 aromatic carbocycles. The van der Waals surface area contributed by atoms with Gasteiger partial charge in [-0.3, -0.25) is 9.69 Å². The fourth-order valence-electron chi connectivity index (χ4n) is 2.59. The smallest absolute Gasteiger partial charge is 0.270 e. The minimum Gasteiger partial charge on any atom is -0.495 e. The van der Waals surface area contributed by atoms with Crippen LogP contribution < -0.4 is 14.4 Å². The fourth-order valence-corrected chi connectivity index (χ4v) is 4.13. The van der Waals surface area contributed by atoms with Crippen molar-refractivity contribution in [2.45, 2.75) is 20.0 Å². The second-order valence-electron chi connectivity index (χ2n) is 6.04. The molecule has 7 heteroatoms. The van der Waals surface area contributed by atoms with E-state index >= 15 is 0 Å². The van der Waals surface area contributed by atoms with Crippen LogP contribution in [0.1, 0.15) is 19.4 Å². The highest BCUT2D eigenvalue weighted by atomic mass is 35.5. The summed E-state index contributed by atoms with van der Waals surface area (Å²) in [7, 11) is 1.54. The van der Waals surface area contributed by atoms with Gasteiger partial charge in [0.25, 0.3) is 5.91 Å². The van der Waals surface area contributed by atoms with Crippen LogP contribution in [0.15, 0.2) is 47.4 Å². The Kier molecular flexibility index (Phi) is 6.09. The van der Waals surface area contributed by atoms with Crippen LogP contribution in [-0.2, 0) is 4.79 Å². The number of benzene rings is 2. The van der Waals surface area contributed by atoms with Gasteiger partial charge in [0, 0.05) is 5.56 Å². The number of hydrogen-bond acceptors (Lipinski definition) is 5. The predicted molar refractivity (Wildman–Crippen MR) is 116 cm³/mol. The molecule has 0 aliphatic carbocycles. The van der Waals surface area contributed by atoms with E-state index in [2.05, 4.69) is 0 Å². The van der Waals surface area contributed by atoms with Crippen molar-refractivity contribution >= 4 is 57.6 Å². The number of halogens is 1. The van der Waals surface area contributed by atoms with Crippen LogP contribution in [0.25, 0.3) is 6.08 Å². The highest BCUT2D eigenvalue weighted by Gasteiger charge is 2.33. The summed E-state index contributed by atoms with van der Waals surface area (Å²) in [6.07, 6.45) is 1.85. The number of thiocarbonyl (C=S) groups is 1. The molecular weight excluding hydrogens is 402 g/mol. The molecule has 1 aliphatic heterocycles. The fraction of sp³-hybridized carbons (Fsp3) is 0.200. The maximum Gasteiger partial charge on any atom is 0.270 e. The zero-order valence-electron chi connectivity index (χ0n) is 15.1. The van der Waals surface area contributed by atoms with Gasteiger partial charge in [-0.2, -0.15) is 0 Å². The van der Waals surface area contributed by atoms with Gasteiger partial charge in [-0.25, -0.2) is 0 Å². The number of thioether (sulfide) groups is 1. The number of rotatable bonds is 5. The van der Waals surface area contributed by atoms with Crippen LogP contribution in [0.2, 0.25) is 5.02 Å². The molecule has 0 radical (unpaired) electrons. The summed E-state index contributed by atoms with van der Waals surface area (Å²) in [5.41, 5.74) is 1.44. The number of carbonyl (C=O) groups is 1. The summed E-state index contributed by atoms with van der Waals surface area (Å²) in [5, 5.41) is 0.420. The average molecular weight is 420 g/mol. The summed E-state index contributed by atoms with van der Waals surface area (Å²) in [4.78, 5) is 15.0. The van der Waals surface area contributed by atoms with Crippen LogP contribution >= 0.6 is 35.6 Å². The van der Waals surface area contributed by atoms with Gasteiger partial charge in [0.2, 0.25) is 0 Å². The van der Waals surface area contributed by atoms with Gasteiger partial charge in [0.1, 0.15) is 11.5 Å². The van der Waals surface area contributed by atoms with Crippen molar-refractivity contribution in [2.75, 3.05) is 12.0 Å². The van der Waals surface area contributed by atoms with E-state index in [0.29, 0.717) is 25.7 Å². The Hall–Kier alpha value is -2.02. The quantitative estimate of drug-likeness (QED) is 0.469. The van der Waals surface area contributed by atoms with Crippen LogP contribution in [-0.4, -0.2) is 23.4 Å². The van der Waals surface area contributed by atoms with Crippen molar-refractivity contribution in [3.05, 3.63) is 58.0 Å². The second kappa shape index (κ2) is 8.33. The molecule has 0 N–H and O–H groups in total. The molecule has 140 valence electrons. The first-order valence-electron chi connectivity index (χ1n) is 8.28. The molecule has 0 saturated carbocycles. The van der Waals surface area contributed by atoms with Crippen molar-refractivity contribution in [3.8, 4) is 11.5 Å². The molecule has 4 nitrogen and oxygen atoms in total. The first-order chi connectivity index (χ1) is 12.9. The van der Waals surface area contributed by atoms with Crippen molar-refractivity contribution in [1.82, 2.24) is 0 Å². The number of anilines is 1. The van der Waals surface area contributed by atoms with Crippen LogP contribution in [0.4, 0.5) is 5.69 Å². The molecule has 1 fully saturated rings. The third kappa shape index (κ3) is 4.29. The third-order valence-electron chi connectivity index (χ3n) is 3.76. The number of carbonyl (C=O) groups excluding carboxylic acids is 1. The minimum atomic E-state index is -0.189. The lowest BCUT2D eigenvalue weighted by Crippen LogP contribution is -2.27. The zero-order valence-corrected chi connectivity index (χ0v) is 17.5. The van der Waals surface area contributed by atoms with Crippen molar-refractivity contribution in [2.24, 2.45) is 0 Å². The van der Waals surface area contributed by atoms with Crippen molar-refractivity contribution < 1.29 is 14.3 Å². The van der Waals surface area contributed by atoms with Gasteiger partial charge in [-0.05, 0) is 44.2 Å². The Morgan fingerprint density at radius 2 is 1.93 bits per heavy atom. The molecule has 0 atom stereocenters. The Balaban J connectivity index is 1.93. The molecule has 0 spiro atoms. The number of amides is 1. The monoisotopic (exact) mass is 419 g/mol. The topological polar surface area (TPSA) is 38.8 Å². The van der Waals surface area contributed by atoms with E-state index in [1.165, 1.54) is 16.7 Å². The molecule has 27 heavy (non-hydrogen) atoms. The Labute approximate surface area is 173 Å². The minimum absolute atomic E-state index is 0.0375. The van der Waals surface area contributed by atoms with Crippen molar-refractivity contribution in [1.29, 1.82) is 0 Å². The number of methoxy groups -OCH3 is 1. The lowest BCUT2D eigenvalue weighted by Gasteiger charge is -2.16. The van der Waals surface area contributed by atoms with Crippen molar-refractivity contribution in [3.63, 3.8) is 0 Å². The number of ether oxygens (including phenoxy) is 2. The van der Waals surface area contributed by atoms with Crippen LogP contribution in [0, 0.1) is 0 Å². The average Bonchev–Trinajstić information content (AvgIpc) is 2.89. The summed E-state index contributed by atoms with van der Waals surface area (Å²) in [6.45, 7) is 3.92. The largest absolute Gasteiger partial charge is 0.495 e. The van der Waals surface area contributed by atoms with Gasteiger partial charge in [0.05, 0.1) is 28.8 Å². The molecule has 1 heterocycles. The SMILES string of the molecule is COc1ccc(N2C(=O)/C(=C/c3ccccc3OC(C)C)SC2=S)cc1Cl. The number of para-hydroxylation sites is 1. The Bertz CT molecular complexity index is 927. The highest BCUT2D eigenvalue weighted by Crippen LogP contribution is 2.39. The summed E-state index contributed by atoms with van der Waals surface area (Å²) >= 11 is 12.9. The lowest BCUT2D eigenvalue weighted by atomic mass is 10.1. The summed E-state index contributed by atoms with van der Waals surface area (Å²) in [6, 6.07) is 12.7. The predicted octanol–water partition coefficient (Wildman–Crippen LogP) is 5.54. The van der Waals surface area contributed by atoms with Gasteiger partial charge in [-0.15, -0.1) is 0 Å². The standard InChI is InChI=1S/C20H18ClNO3S2/c1-12(2)25-16-7-5-4-6-13(16)10-18-19(23)22(20(26)27-18)14-8-9-17(24-3)15(21)11-14/h4-12H,1-3H3/b18-10-. The second-order valence-corrected chi connectivity index (χ2v) is 8.12. The first-order valence-corrected chi connectivity index (χ1v) is 9.88. The zero-order chi connectivity index (χ0) is 19.6. The number of hydrogen-bond donors (Lipinski definition) is 0. The number of nitrogens with zero attached hydrogens (tertiary/aromatic N) is 1. The van der Waals surface area contributed by atoms with E-state index in [9.17, 15) is 4.79 Å². The maximum atomic E-state index is 13.0. The highest BCUT2D eigenvalue weighted by molar-refractivity contribution is 8.27. The molecule has 0 unspecified atom stereocenters. The van der Waals surface area contributed by atoms with Crippen LogP contribution in [0.3, 0.4) is 0 Å². The lowest BCUT2D eigenvalue weighted by molar-refractivity contribution is -0.113. The third-order valence-corrected chi connectivity index (χ3v) is 5.35. The molecule has 1 amide bonds. The summed E-state index contributed by atoms with van der Waals surface area (Å²) < 4.78 is 11.4. The van der Waals surface area contributed by atoms with E-state index in [4.69, 9.17) is 33.3 Å². The van der Waals surface area contributed by atoms with Gasteiger partial charge < -0.3 is 9.47 Å². The normalized spacial score (nSPS) is 15.7. The molecule has 0 bridgehead atoms. The van der Waals surface area contributed by atoms with Crippen LogP contribution in [0.5, 0.6) is 11.5 Å². The van der Waals surface area contributed by atoms with Gasteiger partial charge in [0.15, 0.2) is 4.32 Å². The first kappa shape index (κ1) is 19.7. The maximum absolute atomic E-state index is 13.0. The van der Waals surface area contributed by atoms with Gasteiger partial charge in [-0.1, -0.05) is 53.8 Å². The van der Waals surface area contributed by atoms with Gasteiger partial charge >= 0.3 is 0 Å². The molecule has 1 aliphatic rings. The van der Waals surface area contributed by atoms with E-state index in [0.717, 1.165) is 11.3 Å². The van der Waals surface area contributed by atoms with E-state index < -0.39 is 0 Å². The summed E-state index contributed by atoms with van der Waals surface area (Å²) in [5.74, 6) is 1.08.